The van der Waals surface area contributed by atoms with Gasteiger partial charge in [-0.1, -0.05) is 36.4 Å². The Labute approximate surface area is 98.7 Å². The summed E-state index contributed by atoms with van der Waals surface area (Å²) in [5.41, 5.74) is 2.32. The zero-order valence-corrected chi connectivity index (χ0v) is 9.05. The van der Waals surface area contributed by atoms with Gasteiger partial charge >= 0.3 is 0 Å². The molecule has 2 aromatic carbocycles. The molecule has 0 saturated heterocycles. The fourth-order valence-electron chi connectivity index (χ4n) is 2.22. The van der Waals surface area contributed by atoms with Crippen molar-refractivity contribution >= 4 is 5.91 Å². The van der Waals surface area contributed by atoms with Gasteiger partial charge in [0.05, 0.1) is 6.04 Å². The molecule has 0 fully saturated rings. The summed E-state index contributed by atoms with van der Waals surface area (Å²) < 4.78 is 0. The maximum absolute atomic E-state index is 11.8. The van der Waals surface area contributed by atoms with Gasteiger partial charge in [-0.15, -0.1) is 0 Å². The lowest BCUT2D eigenvalue weighted by Crippen LogP contribution is -2.19. The molecule has 2 N–H and O–H groups in total. The predicted molar refractivity (Wildman–Crippen MR) is 63.9 cm³/mol. The highest BCUT2D eigenvalue weighted by Gasteiger charge is 2.30. The molecule has 3 nitrogen and oxygen atoms in total. The van der Waals surface area contributed by atoms with Gasteiger partial charge in [-0.05, 0) is 17.7 Å². The van der Waals surface area contributed by atoms with Crippen LogP contribution in [0.15, 0.2) is 48.5 Å². The minimum atomic E-state index is -0.250. The topological polar surface area (TPSA) is 49.3 Å². The average Bonchev–Trinajstić information content (AvgIpc) is 2.68. The Kier molecular flexibility index (Phi) is 2.11. The number of aromatic hydroxyl groups is 1. The smallest absolute Gasteiger partial charge is 0.252 e. The van der Waals surface area contributed by atoms with E-state index in [0.29, 0.717) is 5.56 Å². The highest BCUT2D eigenvalue weighted by molar-refractivity contribution is 5.99. The second kappa shape index (κ2) is 3.63. The van der Waals surface area contributed by atoms with Crippen molar-refractivity contribution < 1.29 is 9.90 Å². The van der Waals surface area contributed by atoms with Gasteiger partial charge in [-0.25, -0.2) is 0 Å². The molecule has 0 spiro atoms. The third-order valence-corrected chi connectivity index (χ3v) is 3.04. The molecule has 3 rings (SSSR count). The van der Waals surface area contributed by atoms with Crippen molar-refractivity contribution in [2.75, 3.05) is 0 Å². The lowest BCUT2D eigenvalue weighted by molar-refractivity contribution is 0.0960. The SMILES string of the molecule is O=C1N[C@@H](c2ccccc2O)c2ccccc21. The number of amides is 1. The maximum Gasteiger partial charge on any atom is 0.252 e. The van der Waals surface area contributed by atoms with Crippen LogP contribution in [0.4, 0.5) is 0 Å². The van der Waals surface area contributed by atoms with Gasteiger partial charge in [0, 0.05) is 11.1 Å². The van der Waals surface area contributed by atoms with Gasteiger partial charge < -0.3 is 10.4 Å². The predicted octanol–water partition coefficient (Wildman–Crippen LogP) is 2.23. The lowest BCUT2D eigenvalue weighted by Gasteiger charge is -2.13. The molecule has 1 aliphatic heterocycles. The quantitative estimate of drug-likeness (QED) is 0.781. The number of carbonyl (C=O) groups excluding carboxylic acids is 1. The van der Waals surface area contributed by atoms with E-state index in [0.717, 1.165) is 11.1 Å². The first kappa shape index (κ1) is 9.90. The Balaban J connectivity index is 2.14. The van der Waals surface area contributed by atoms with E-state index in [1.165, 1.54) is 0 Å². The molecule has 0 saturated carbocycles. The molecule has 3 heteroatoms. The van der Waals surface area contributed by atoms with E-state index < -0.39 is 0 Å². The van der Waals surface area contributed by atoms with Crippen LogP contribution in [0.25, 0.3) is 0 Å². The summed E-state index contributed by atoms with van der Waals surface area (Å²) >= 11 is 0. The Morgan fingerprint density at radius 2 is 1.59 bits per heavy atom. The second-order valence-corrected chi connectivity index (χ2v) is 4.05. The Bertz CT molecular complexity index is 592. The van der Waals surface area contributed by atoms with Crippen molar-refractivity contribution in [3.05, 3.63) is 65.2 Å². The number of carbonyl (C=O) groups is 1. The number of phenolic OH excluding ortho intramolecular Hbond substituents is 1. The van der Waals surface area contributed by atoms with Crippen LogP contribution in [0.1, 0.15) is 27.5 Å². The number of nitrogens with one attached hydrogen (secondary N) is 1. The van der Waals surface area contributed by atoms with Crippen LogP contribution in [-0.2, 0) is 0 Å². The van der Waals surface area contributed by atoms with Gasteiger partial charge in [0.15, 0.2) is 0 Å². The summed E-state index contributed by atoms with van der Waals surface area (Å²) in [4.78, 5) is 11.8. The summed E-state index contributed by atoms with van der Waals surface area (Å²) in [5.74, 6) is 0.114. The number of phenols is 1. The molecule has 0 aromatic heterocycles. The largest absolute Gasteiger partial charge is 0.508 e. The average molecular weight is 225 g/mol. The Hall–Kier alpha value is -2.29. The van der Waals surface area contributed by atoms with E-state index in [1.807, 2.05) is 30.3 Å². The number of hydrogen-bond donors (Lipinski definition) is 2. The molecule has 84 valence electrons. The molecule has 0 unspecified atom stereocenters. The van der Waals surface area contributed by atoms with Gasteiger partial charge in [0.2, 0.25) is 0 Å². The van der Waals surface area contributed by atoms with Gasteiger partial charge in [-0.2, -0.15) is 0 Å². The van der Waals surface area contributed by atoms with E-state index in [9.17, 15) is 9.90 Å². The molecular weight excluding hydrogens is 214 g/mol. The first-order chi connectivity index (χ1) is 8.27. The van der Waals surface area contributed by atoms with Crippen molar-refractivity contribution in [1.82, 2.24) is 5.32 Å². The van der Waals surface area contributed by atoms with E-state index in [-0.39, 0.29) is 17.7 Å². The summed E-state index contributed by atoms with van der Waals surface area (Å²) in [6, 6.07) is 14.3. The van der Waals surface area contributed by atoms with Crippen LogP contribution in [-0.4, -0.2) is 11.0 Å². The molecule has 1 aliphatic rings. The normalized spacial score (nSPS) is 17.6. The maximum atomic E-state index is 11.8. The van der Waals surface area contributed by atoms with Gasteiger partial charge in [0.1, 0.15) is 5.75 Å². The number of para-hydroxylation sites is 1. The number of hydrogen-bond acceptors (Lipinski definition) is 2. The number of fused-ring (bicyclic) bond motifs is 1. The van der Waals surface area contributed by atoms with E-state index in [1.54, 1.807) is 18.2 Å². The summed E-state index contributed by atoms with van der Waals surface area (Å²) in [6.45, 7) is 0. The standard InChI is InChI=1S/C14H11NO2/c16-12-8-4-3-7-11(12)13-9-5-1-2-6-10(9)14(17)15-13/h1-8,13,16H,(H,15,17)/t13-/m1/s1. The molecule has 0 radical (unpaired) electrons. The van der Waals surface area contributed by atoms with Gasteiger partial charge in [0.25, 0.3) is 5.91 Å². The van der Waals surface area contributed by atoms with Crippen molar-refractivity contribution in [2.45, 2.75) is 6.04 Å². The van der Waals surface area contributed by atoms with Crippen LogP contribution in [0.3, 0.4) is 0 Å². The lowest BCUT2D eigenvalue weighted by atomic mass is 9.98. The fourth-order valence-corrected chi connectivity index (χ4v) is 2.22. The molecule has 1 heterocycles. The van der Waals surface area contributed by atoms with Crippen molar-refractivity contribution in [2.24, 2.45) is 0 Å². The molecule has 1 atom stereocenters. The van der Waals surface area contributed by atoms with E-state index in [2.05, 4.69) is 5.32 Å². The third-order valence-electron chi connectivity index (χ3n) is 3.04. The Morgan fingerprint density at radius 1 is 0.941 bits per heavy atom. The number of benzene rings is 2. The zero-order valence-electron chi connectivity index (χ0n) is 9.05. The Morgan fingerprint density at radius 3 is 2.35 bits per heavy atom. The third kappa shape index (κ3) is 1.47. The molecule has 17 heavy (non-hydrogen) atoms. The van der Waals surface area contributed by atoms with Crippen LogP contribution < -0.4 is 5.32 Å². The summed E-state index contributed by atoms with van der Waals surface area (Å²) in [6.07, 6.45) is 0. The fraction of sp³-hybridized carbons (Fsp3) is 0.0714. The number of rotatable bonds is 1. The molecular formula is C14H11NO2. The van der Waals surface area contributed by atoms with Gasteiger partial charge in [-0.3, -0.25) is 4.79 Å². The summed E-state index contributed by atoms with van der Waals surface area (Å²) in [7, 11) is 0. The first-order valence-electron chi connectivity index (χ1n) is 5.45. The monoisotopic (exact) mass is 225 g/mol. The highest BCUT2D eigenvalue weighted by Crippen LogP contribution is 2.34. The van der Waals surface area contributed by atoms with Crippen molar-refractivity contribution in [3.8, 4) is 5.75 Å². The van der Waals surface area contributed by atoms with Crippen molar-refractivity contribution in [3.63, 3.8) is 0 Å². The van der Waals surface area contributed by atoms with Crippen LogP contribution >= 0.6 is 0 Å². The molecule has 0 bridgehead atoms. The zero-order chi connectivity index (χ0) is 11.8. The second-order valence-electron chi connectivity index (χ2n) is 4.05. The first-order valence-corrected chi connectivity index (χ1v) is 5.45. The molecule has 0 aliphatic carbocycles. The summed E-state index contributed by atoms with van der Waals surface area (Å²) in [5, 5.41) is 12.7. The van der Waals surface area contributed by atoms with E-state index >= 15 is 0 Å². The minimum Gasteiger partial charge on any atom is -0.508 e. The minimum absolute atomic E-state index is 0.0890. The highest BCUT2D eigenvalue weighted by atomic mass is 16.3. The van der Waals surface area contributed by atoms with Crippen LogP contribution in [0.2, 0.25) is 0 Å². The molecule has 1 amide bonds. The van der Waals surface area contributed by atoms with Crippen LogP contribution in [0, 0.1) is 0 Å². The van der Waals surface area contributed by atoms with Crippen LogP contribution in [0.5, 0.6) is 5.75 Å². The van der Waals surface area contributed by atoms with E-state index in [4.69, 9.17) is 0 Å². The van der Waals surface area contributed by atoms with Crippen molar-refractivity contribution in [1.29, 1.82) is 0 Å². The molecule has 2 aromatic rings.